The van der Waals surface area contributed by atoms with Crippen molar-refractivity contribution >= 4 is 63.0 Å². The first kappa shape index (κ1) is 22.1. The number of thiazole rings is 2. The zero-order valence-electron chi connectivity index (χ0n) is 16.9. The Morgan fingerprint density at radius 2 is 1.73 bits per heavy atom. The second kappa shape index (κ2) is 9.26. The van der Waals surface area contributed by atoms with Crippen LogP contribution >= 0.6 is 46.0 Å². The standard InChI is InChI=1S/C23H16ClN3O3S3/c24-15-8-6-14(7-9-15)22-27(21(30)18(33-22)10-19(28)29)23-26-17(12-32-23)20-25-16(11-31-20)13-4-2-1-3-5-13/h1-9,11-12,18,22H,10H2,(H,28,29). The van der Waals surface area contributed by atoms with Crippen molar-refractivity contribution in [2.24, 2.45) is 0 Å². The van der Waals surface area contributed by atoms with Gasteiger partial charge >= 0.3 is 5.97 Å². The third-order valence-corrected chi connectivity index (χ3v) is 8.44. The molecule has 33 heavy (non-hydrogen) atoms. The predicted octanol–water partition coefficient (Wildman–Crippen LogP) is 6.21. The van der Waals surface area contributed by atoms with Crippen LogP contribution in [-0.2, 0) is 9.59 Å². The molecule has 10 heteroatoms. The van der Waals surface area contributed by atoms with Gasteiger partial charge in [0.2, 0.25) is 5.91 Å². The van der Waals surface area contributed by atoms with E-state index in [0.717, 1.165) is 21.8 Å². The minimum Gasteiger partial charge on any atom is -0.481 e. The summed E-state index contributed by atoms with van der Waals surface area (Å²) in [5.74, 6) is -1.26. The van der Waals surface area contributed by atoms with Gasteiger partial charge in [-0.05, 0) is 17.7 Å². The van der Waals surface area contributed by atoms with Gasteiger partial charge in [0, 0.05) is 21.3 Å². The molecule has 4 aromatic rings. The number of carboxylic acid groups (broad SMARTS) is 1. The number of aromatic nitrogens is 2. The Bertz CT molecular complexity index is 1310. The summed E-state index contributed by atoms with van der Waals surface area (Å²) in [6.07, 6.45) is -0.241. The van der Waals surface area contributed by atoms with E-state index in [1.807, 2.05) is 53.2 Å². The monoisotopic (exact) mass is 513 g/mol. The van der Waals surface area contributed by atoms with Crippen molar-refractivity contribution < 1.29 is 14.7 Å². The molecule has 0 spiro atoms. The van der Waals surface area contributed by atoms with Crippen LogP contribution in [0.15, 0.2) is 65.4 Å². The first-order chi connectivity index (χ1) is 16.0. The maximum absolute atomic E-state index is 13.2. The number of rotatable bonds is 6. The summed E-state index contributed by atoms with van der Waals surface area (Å²) in [5, 5.41) is 14.0. The molecule has 0 saturated carbocycles. The van der Waals surface area contributed by atoms with Crippen molar-refractivity contribution in [1.82, 2.24) is 9.97 Å². The predicted molar refractivity (Wildman–Crippen MR) is 134 cm³/mol. The quantitative estimate of drug-likeness (QED) is 0.330. The first-order valence-electron chi connectivity index (χ1n) is 9.92. The van der Waals surface area contributed by atoms with Gasteiger partial charge < -0.3 is 5.11 Å². The van der Waals surface area contributed by atoms with E-state index in [0.29, 0.717) is 15.8 Å². The second-order valence-corrected chi connectivity index (χ2v) is 10.7. The van der Waals surface area contributed by atoms with E-state index in [9.17, 15) is 14.7 Å². The smallest absolute Gasteiger partial charge is 0.305 e. The van der Waals surface area contributed by atoms with Crippen LogP contribution in [0.4, 0.5) is 5.13 Å². The van der Waals surface area contributed by atoms with Crippen molar-refractivity contribution in [3.8, 4) is 22.0 Å². The number of carbonyl (C=O) groups is 2. The minimum absolute atomic E-state index is 0.241. The molecule has 2 aromatic carbocycles. The molecule has 0 radical (unpaired) electrons. The van der Waals surface area contributed by atoms with Gasteiger partial charge in [-0.2, -0.15) is 0 Å². The highest BCUT2D eigenvalue weighted by atomic mass is 35.5. The normalized spacial score (nSPS) is 18.1. The molecular weight excluding hydrogens is 498 g/mol. The van der Waals surface area contributed by atoms with Crippen molar-refractivity contribution in [3.63, 3.8) is 0 Å². The Kier molecular flexibility index (Phi) is 6.20. The fraction of sp³-hybridized carbons (Fsp3) is 0.130. The van der Waals surface area contributed by atoms with Gasteiger partial charge in [0.25, 0.3) is 0 Å². The van der Waals surface area contributed by atoms with Crippen LogP contribution in [0.25, 0.3) is 22.0 Å². The average Bonchev–Trinajstić information content (AvgIpc) is 3.54. The Morgan fingerprint density at radius 3 is 2.45 bits per heavy atom. The zero-order valence-corrected chi connectivity index (χ0v) is 20.1. The molecule has 5 rings (SSSR count). The topological polar surface area (TPSA) is 83.4 Å². The molecule has 2 aromatic heterocycles. The van der Waals surface area contributed by atoms with Crippen LogP contribution in [-0.4, -0.2) is 32.2 Å². The number of nitrogens with zero attached hydrogens (tertiary/aromatic N) is 3. The van der Waals surface area contributed by atoms with Crippen LogP contribution in [0.1, 0.15) is 17.4 Å². The molecule has 0 bridgehead atoms. The lowest BCUT2D eigenvalue weighted by Crippen LogP contribution is -2.31. The van der Waals surface area contributed by atoms with Gasteiger partial charge in [0.05, 0.1) is 17.4 Å². The third kappa shape index (κ3) is 4.54. The highest BCUT2D eigenvalue weighted by molar-refractivity contribution is 8.01. The summed E-state index contributed by atoms with van der Waals surface area (Å²) < 4.78 is 0. The summed E-state index contributed by atoms with van der Waals surface area (Å²) in [7, 11) is 0. The number of halogens is 1. The van der Waals surface area contributed by atoms with Crippen molar-refractivity contribution in [2.45, 2.75) is 17.0 Å². The second-order valence-electron chi connectivity index (χ2n) is 7.25. The Hall–Kier alpha value is -2.72. The van der Waals surface area contributed by atoms with E-state index < -0.39 is 11.2 Å². The summed E-state index contributed by atoms with van der Waals surface area (Å²) >= 11 is 10.2. The van der Waals surface area contributed by atoms with E-state index in [1.165, 1.54) is 34.4 Å². The van der Waals surface area contributed by atoms with Crippen LogP contribution in [0, 0.1) is 0 Å². The fourth-order valence-electron chi connectivity index (χ4n) is 3.50. The minimum atomic E-state index is -1.01. The lowest BCUT2D eigenvalue weighted by molar-refractivity contribution is -0.138. The van der Waals surface area contributed by atoms with Gasteiger partial charge in [0.15, 0.2) is 5.13 Å². The maximum atomic E-state index is 13.2. The van der Waals surface area contributed by atoms with E-state index in [2.05, 4.69) is 0 Å². The molecule has 1 aliphatic rings. The van der Waals surface area contributed by atoms with Crippen LogP contribution in [0.2, 0.25) is 5.02 Å². The number of aliphatic carboxylic acids is 1. The number of carboxylic acids is 1. The lowest BCUT2D eigenvalue weighted by Gasteiger charge is -2.21. The van der Waals surface area contributed by atoms with Gasteiger partial charge in [-0.3, -0.25) is 14.5 Å². The molecule has 1 saturated heterocycles. The molecule has 2 atom stereocenters. The Morgan fingerprint density at radius 1 is 1.00 bits per heavy atom. The number of carbonyl (C=O) groups excluding carboxylic acids is 1. The molecule has 6 nitrogen and oxygen atoms in total. The van der Waals surface area contributed by atoms with E-state index in [1.54, 1.807) is 17.0 Å². The number of benzene rings is 2. The largest absolute Gasteiger partial charge is 0.481 e. The average molecular weight is 514 g/mol. The summed E-state index contributed by atoms with van der Waals surface area (Å²) in [4.78, 5) is 35.5. The molecule has 1 N–H and O–H groups in total. The van der Waals surface area contributed by atoms with Crippen LogP contribution < -0.4 is 4.90 Å². The molecule has 1 aliphatic heterocycles. The molecule has 166 valence electrons. The van der Waals surface area contributed by atoms with Gasteiger partial charge in [0.1, 0.15) is 16.1 Å². The van der Waals surface area contributed by atoms with Crippen molar-refractivity contribution in [3.05, 3.63) is 75.9 Å². The molecule has 3 heterocycles. The third-order valence-electron chi connectivity index (χ3n) is 5.05. The zero-order chi connectivity index (χ0) is 22.9. The summed E-state index contributed by atoms with van der Waals surface area (Å²) in [6.45, 7) is 0. The highest BCUT2D eigenvalue weighted by Crippen LogP contribution is 2.48. The maximum Gasteiger partial charge on any atom is 0.305 e. The summed E-state index contributed by atoms with van der Waals surface area (Å²) in [6, 6.07) is 17.1. The van der Waals surface area contributed by atoms with Crippen LogP contribution in [0.3, 0.4) is 0 Å². The number of hydrogen-bond donors (Lipinski definition) is 1. The van der Waals surface area contributed by atoms with Gasteiger partial charge in [-0.25, -0.2) is 9.97 Å². The van der Waals surface area contributed by atoms with E-state index >= 15 is 0 Å². The lowest BCUT2D eigenvalue weighted by atomic mass is 10.2. The number of hydrogen-bond acceptors (Lipinski definition) is 7. The summed E-state index contributed by atoms with van der Waals surface area (Å²) in [5.41, 5.74) is 3.46. The Labute approximate surface area is 206 Å². The molecule has 1 amide bonds. The van der Waals surface area contributed by atoms with Gasteiger partial charge in [-0.1, -0.05) is 54.1 Å². The molecule has 0 aliphatic carbocycles. The molecular formula is C23H16ClN3O3S3. The molecule has 2 unspecified atom stereocenters. The fourth-order valence-corrected chi connectivity index (χ4v) is 6.81. The number of amides is 1. The number of thioether (sulfide) groups is 1. The molecule has 1 fully saturated rings. The van der Waals surface area contributed by atoms with E-state index in [-0.39, 0.29) is 17.7 Å². The first-order valence-corrected chi connectivity index (χ1v) is 13.0. The SMILES string of the molecule is O=C(O)CC1SC(c2ccc(Cl)cc2)N(c2nc(-c3nc(-c4ccccc4)cs3)cs2)C1=O. The van der Waals surface area contributed by atoms with Crippen LogP contribution in [0.5, 0.6) is 0 Å². The number of anilines is 1. The Balaban J connectivity index is 1.47. The van der Waals surface area contributed by atoms with Crippen molar-refractivity contribution in [1.29, 1.82) is 0 Å². The van der Waals surface area contributed by atoms with Gasteiger partial charge in [-0.15, -0.1) is 34.4 Å². The van der Waals surface area contributed by atoms with Crippen molar-refractivity contribution in [2.75, 3.05) is 4.90 Å². The van der Waals surface area contributed by atoms with E-state index in [4.69, 9.17) is 21.6 Å². The highest BCUT2D eigenvalue weighted by Gasteiger charge is 2.44.